The maximum absolute atomic E-state index is 8.79. The lowest BCUT2D eigenvalue weighted by atomic mass is 9.84. The molecule has 0 aromatic heterocycles. The number of ether oxygens (including phenoxy) is 1. The standard InChI is InChI=1S/C12H18ClNO2/c1-12(2,7-14-8-15)10-6-9(13)4-5-11(10)16-3/h4-6,14-15H,7-8H2,1-3H3. The summed E-state index contributed by atoms with van der Waals surface area (Å²) in [5, 5.41) is 12.4. The Labute approximate surface area is 101 Å². The number of methoxy groups -OCH3 is 1. The lowest BCUT2D eigenvalue weighted by molar-refractivity contribution is 0.246. The van der Waals surface area contributed by atoms with E-state index in [1.54, 1.807) is 13.2 Å². The molecule has 0 fully saturated rings. The normalized spacial score (nSPS) is 11.6. The molecule has 2 N–H and O–H groups in total. The van der Waals surface area contributed by atoms with Crippen LogP contribution in [0.2, 0.25) is 5.02 Å². The van der Waals surface area contributed by atoms with Gasteiger partial charge in [-0.2, -0.15) is 0 Å². The summed E-state index contributed by atoms with van der Waals surface area (Å²) < 4.78 is 5.32. The van der Waals surface area contributed by atoms with Crippen LogP contribution in [0.5, 0.6) is 5.75 Å². The van der Waals surface area contributed by atoms with Crippen LogP contribution < -0.4 is 10.1 Å². The summed E-state index contributed by atoms with van der Waals surface area (Å²) in [4.78, 5) is 0. The molecule has 0 heterocycles. The third-order valence-corrected chi connectivity index (χ3v) is 2.80. The van der Waals surface area contributed by atoms with Gasteiger partial charge in [0, 0.05) is 22.5 Å². The van der Waals surface area contributed by atoms with Crippen molar-refractivity contribution in [1.29, 1.82) is 0 Å². The average molecular weight is 244 g/mol. The molecule has 1 aromatic carbocycles. The molecule has 4 heteroatoms. The molecule has 0 spiro atoms. The summed E-state index contributed by atoms with van der Waals surface area (Å²) in [5.74, 6) is 0.814. The van der Waals surface area contributed by atoms with Gasteiger partial charge < -0.3 is 9.84 Å². The maximum atomic E-state index is 8.79. The highest BCUT2D eigenvalue weighted by Crippen LogP contribution is 2.33. The largest absolute Gasteiger partial charge is 0.496 e. The number of nitrogens with one attached hydrogen (secondary N) is 1. The lowest BCUT2D eigenvalue weighted by Crippen LogP contribution is -2.33. The number of hydrogen-bond acceptors (Lipinski definition) is 3. The number of rotatable bonds is 5. The zero-order chi connectivity index (χ0) is 12.2. The molecule has 0 atom stereocenters. The van der Waals surface area contributed by atoms with Crippen LogP contribution in [0.3, 0.4) is 0 Å². The Balaban J connectivity index is 3.04. The van der Waals surface area contributed by atoms with Crippen LogP contribution in [-0.4, -0.2) is 25.5 Å². The van der Waals surface area contributed by atoms with Crippen molar-refractivity contribution in [3.8, 4) is 5.75 Å². The van der Waals surface area contributed by atoms with E-state index in [4.69, 9.17) is 21.4 Å². The van der Waals surface area contributed by atoms with E-state index in [0.717, 1.165) is 11.3 Å². The predicted octanol–water partition coefficient (Wildman–Crippen LogP) is 2.17. The molecule has 0 saturated heterocycles. The smallest absolute Gasteiger partial charge is 0.122 e. The number of benzene rings is 1. The average Bonchev–Trinajstić information content (AvgIpc) is 2.26. The summed E-state index contributed by atoms with van der Waals surface area (Å²) in [6.07, 6.45) is 0. The van der Waals surface area contributed by atoms with Crippen LogP contribution in [0.1, 0.15) is 19.4 Å². The van der Waals surface area contributed by atoms with Gasteiger partial charge in [0.2, 0.25) is 0 Å². The first-order valence-electron chi connectivity index (χ1n) is 5.17. The third kappa shape index (κ3) is 3.11. The van der Waals surface area contributed by atoms with Gasteiger partial charge in [0.05, 0.1) is 13.8 Å². The molecule has 3 nitrogen and oxygen atoms in total. The Morgan fingerprint density at radius 3 is 2.69 bits per heavy atom. The molecule has 0 saturated carbocycles. The van der Waals surface area contributed by atoms with Gasteiger partial charge in [0.25, 0.3) is 0 Å². The second-order valence-electron chi connectivity index (χ2n) is 4.31. The van der Waals surface area contributed by atoms with Crippen LogP contribution in [0.4, 0.5) is 0 Å². The fourth-order valence-electron chi connectivity index (χ4n) is 1.67. The predicted molar refractivity (Wildman–Crippen MR) is 66.1 cm³/mol. The first kappa shape index (κ1) is 13.3. The Hall–Kier alpha value is -0.770. The molecule has 0 aliphatic rings. The van der Waals surface area contributed by atoms with Gasteiger partial charge in [-0.25, -0.2) is 0 Å². The van der Waals surface area contributed by atoms with Crippen molar-refractivity contribution in [2.24, 2.45) is 0 Å². The van der Waals surface area contributed by atoms with Crippen LogP contribution >= 0.6 is 11.6 Å². The number of aliphatic hydroxyl groups is 1. The van der Waals surface area contributed by atoms with Crippen molar-refractivity contribution in [2.75, 3.05) is 20.4 Å². The molecule has 90 valence electrons. The highest BCUT2D eigenvalue weighted by Gasteiger charge is 2.24. The second kappa shape index (κ2) is 5.53. The summed E-state index contributed by atoms with van der Waals surface area (Å²) in [7, 11) is 1.64. The minimum Gasteiger partial charge on any atom is -0.496 e. The molecular weight excluding hydrogens is 226 g/mol. The summed E-state index contributed by atoms with van der Waals surface area (Å²) in [6, 6.07) is 5.57. The molecule has 0 aliphatic heterocycles. The van der Waals surface area contributed by atoms with Gasteiger partial charge in [0.15, 0.2) is 0 Å². The maximum Gasteiger partial charge on any atom is 0.122 e. The highest BCUT2D eigenvalue weighted by atomic mass is 35.5. The van der Waals surface area contributed by atoms with E-state index >= 15 is 0 Å². The first-order valence-corrected chi connectivity index (χ1v) is 5.54. The van der Waals surface area contributed by atoms with E-state index in [0.29, 0.717) is 11.6 Å². The van der Waals surface area contributed by atoms with Gasteiger partial charge in [-0.05, 0) is 18.2 Å². The molecule has 0 bridgehead atoms. The highest BCUT2D eigenvalue weighted by molar-refractivity contribution is 6.30. The number of hydrogen-bond donors (Lipinski definition) is 2. The molecule has 0 amide bonds. The van der Waals surface area contributed by atoms with Gasteiger partial charge in [-0.1, -0.05) is 25.4 Å². The molecule has 1 rings (SSSR count). The zero-order valence-electron chi connectivity index (χ0n) is 9.88. The van der Waals surface area contributed by atoms with Gasteiger partial charge in [0.1, 0.15) is 5.75 Å². The molecule has 16 heavy (non-hydrogen) atoms. The fraction of sp³-hybridized carbons (Fsp3) is 0.500. The van der Waals surface area contributed by atoms with E-state index in [9.17, 15) is 0 Å². The quantitative estimate of drug-likeness (QED) is 0.779. The lowest BCUT2D eigenvalue weighted by Gasteiger charge is -2.27. The van der Waals surface area contributed by atoms with Crippen molar-refractivity contribution >= 4 is 11.6 Å². The van der Waals surface area contributed by atoms with Gasteiger partial charge in [-0.15, -0.1) is 0 Å². The van der Waals surface area contributed by atoms with Crippen molar-refractivity contribution in [3.05, 3.63) is 28.8 Å². The van der Waals surface area contributed by atoms with E-state index in [-0.39, 0.29) is 12.1 Å². The Morgan fingerprint density at radius 1 is 1.44 bits per heavy atom. The van der Waals surface area contributed by atoms with E-state index < -0.39 is 0 Å². The van der Waals surface area contributed by atoms with E-state index in [2.05, 4.69) is 19.2 Å². The third-order valence-electron chi connectivity index (χ3n) is 2.57. The molecule has 0 unspecified atom stereocenters. The van der Waals surface area contributed by atoms with Crippen LogP contribution in [0.15, 0.2) is 18.2 Å². The van der Waals surface area contributed by atoms with Crippen molar-refractivity contribution in [3.63, 3.8) is 0 Å². The SMILES string of the molecule is COc1ccc(Cl)cc1C(C)(C)CNCO. The summed E-state index contributed by atoms with van der Waals surface area (Å²) in [6.45, 7) is 4.76. The summed E-state index contributed by atoms with van der Waals surface area (Å²) >= 11 is 5.99. The monoisotopic (exact) mass is 243 g/mol. The minimum absolute atomic E-state index is 0.0354. The van der Waals surface area contributed by atoms with Crippen molar-refractivity contribution in [2.45, 2.75) is 19.3 Å². The van der Waals surface area contributed by atoms with Gasteiger partial charge in [-0.3, -0.25) is 5.32 Å². The topological polar surface area (TPSA) is 41.5 Å². The second-order valence-corrected chi connectivity index (χ2v) is 4.75. The summed E-state index contributed by atoms with van der Waals surface area (Å²) in [5.41, 5.74) is 0.877. The van der Waals surface area contributed by atoms with Gasteiger partial charge >= 0.3 is 0 Å². The van der Waals surface area contributed by atoms with Crippen molar-refractivity contribution < 1.29 is 9.84 Å². The van der Waals surface area contributed by atoms with Crippen LogP contribution in [0, 0.1) is 0 Å². The molecule has 0 radical (unpaired) electrons. The molecule has 0 aliphatic carbocycles. The van der Waals surface area contributed by atoms with Crippen molar-refractivity contribution in [1.82, 2.24) is 5.32 Å². The first-order chi connectivity index (χ1) is 7.51. The van der Waals surface area contributed by atoms with E-state index in [1.807, 2.05) is 12.1 Å². The fourth-order valence-corrected chi connectivity index (χ4v) is 1.84. The number of aliphatic hydroxyl groups excluding tert-OH is 1. The minimum atomic E-state index is -0.154. The Morgan fingerprint density at radius 2 is 2.12 bits per heavy atom. The molecule has 1 aromatic rings. The zero-order valence-corrected chi connectivity index (χ0v) is 10.6. The van der Waals surface area contributed by atoms with E-state index in [1.165, 1.54) is 0 Å². The van der Waals surface area contributed by atoms with Crippen LogP contribution in [-0.2, 0) is 5.41 Å². The van der Waals surface area contributed by atoms with Crippen LogP contribution in [0.25, 0.3) is 0 Å². The Kier molecular flexibility index (Phi) is 4.59. The molecular formula is C12H18ClNO2. The Bertz CT molecular complexity index is 353. The number of halogens is 1.